The lowest BCUT2D eigenvalue weighted by molar-refractivity contribution is -0.122. The molecule has 0 aliphatic carbocycles. The number of carbonyl (C=O) groups excluding carboxylic acids is 2. The van der Waals surface area contributed by atoms with Gasteiger partial charge in [-0.3, -0.25) is 4.79 Å². The van der Waals surface area contributed by atoms with Crippen LogP contribution in [0.1, 0.15) is 17.3 Å². The van der Waals surface area contributed by atoms with Crippen molar-refractivity contribution in [2.75, 3.05) is 31.3 Å². The molecular weight excluding hydrogens is 246 g/mol. The number of nitrogen functional groups attached to an aromatic ring is 1. The third kappa shape index (κ3) is 3.87. The zero-order valence-corrected chi connectivity index (χ0v) is 11.3. The van der Waals surface area contributed by atoms with Crippen LogP contribution in [-0.4, -0.2) is 32.6 Å². The van der Waals surface area contributed by atoms with Crippen LogP contribution in [-0.2, 0) is 9.53 Å². The first-order valence-electron chi connectivity index (χ1n) is 5.86. The van der Waals surface area contributed by atoms with Gasteiger partial charge >= 0.3 is 5.97 Å². The quantitative estimate of drug-likeness (QED) is 0.600. The van der Waals surface area contributed by atoms with Crippen molar-refractivity contribution in [2.24, 2.45) is 11.7 Å². The summed E-state index contributed by atoms with van der Waals surface area (Å²) in [6.07, 6.45) is 0. The first-order valence-corrected chi connectivity index (χ1v) is 5.86. The Morgan fingerprint density at radius 1 is 1.37 bits per heavy atom. The molecule has 0 aliphatic rings. The summed E-state index contributed by atoms with van der Waals surface area (Å²) < 4.78 is 5.00. The lowest BCUT2D eigenvalue weighted by atomic mass is 10.1. The average molecular weight is 265 g/mol. The van der Waals surface area contributed by atoms with Gasteiger partial charge in [-0.2, -0.15) is 0 Å². The monoisotopic (exact) mass is 265 g/mol. The number of carbonyl (C=O) groups is 2. The Balaban J connectivity index is 2.73. The Hall–Kier alpha value is -2.24. The topological polar surface area (TPSA) is 98.7 Å². The molecule has 1 amide bonds. The molecule has 1 rings (SSSR count). The highest BCUT2D eigenvalue weighted by atomic mass is 16.5. The van der Waals surface area contributed by atoms with E-state index in [2.05, 4.69) is 0 Å². The molecule has 0 aromatic heterocycles. The molecule has 1 atom stereocenters. The summed E-state index contributed by atoms with van der Waals surface area (Å²) in [5.74, 6) is -1.54. The van der Waals surface area contributed by atoms with Gasteiger partial charge in [0.05, 0.1) is 22.9 Å². The van der Waals surface area contributed by atoms with Crippen LogP contribution in [0.2, 0.25) is 0 Å². The van der Waals surface area contributed by atoms with Crippen molar-refractivity contribution < 1.29 is 14.3 Å². The first kappa shape index (κ1) is 14.8. The minimum atomic E-state index is -0.523. The summed E-state index contributed by atoms with van der Waals surface area (Å²) in [7, 11) is 3.72. The molecule has 1 aromatic carbocycles. The number of nitrogens with two attached hydrogens (primary N) is 2. The second kappa shape index (κ2) is 6.08. The number of hydrogen-bond donors (Lipinski definition) is 2. The molecular formula is C13H19N3O3. The third-order valence-electron chi connectivity index (χ3n) is 2.70. The van der Waals surface area contributed by atoms with Gasteiger partial charge in [0.15, 0.2) is 0 Å². The third-order valence-corrected chi connectivity index (χ3v) is 2.70. The molecule has 0 bridgehead atoms. The molecule has 0 saturated heterocycles. The normalized spacial score (nSPS) is 11.7. The zero-order valence-electron chi connectivity index (χ0n) is 11.3. The van der Waals surface area contributed by atoms with Crippen LogP contribution in [0.25, 0.3) is 0 Å². The average Bonchev–Trinajstić information content (AvgIpc) is 2.34. The van der Waals surface area contributed by atoms with E-state index in [4.69, 9.17) is 16.2 Å². The van der Waals surface area contributed by atoms with E-state index in [0.29, 0.717) is 11.3 Å². The molecule has 1 unspecified atom stereocenters. The van der Waals surface area contributed by atoms with Crippen molar-refractivity contribution in [1.82, 2.24) is 0 Å². The van der Waals surface area contributed by atoms with Crippen LogP contribution >= 0.6 is 0 Å². The zero-order chi connectivity index (χ0) is 14.6. The number of nitrogens with zero attached hydrogens (tertiary/aromatic N) is 1. The van der Waals surface area contributed by atoms with Crippen molar-refractivity contribution in [3.05, 3.63) is 23.8 Å². The fourth-order valence-electron chi connectivity index (χ4n) is 1.45. The van der Waals surface area contributed by atoms with Gasteiger partial charge in [-0.25, -0.2) is 4.79 Å². The van der Waals surface area contributed by atoms with E-state index in [0.717, 1.165) is 5.69 Å². The summed E-state index contributed by atoms with van der Waals surface area (Å²) in [6.45, 7) is 1.56. The summed E-state index contributed by atoms with van der Waals surface area (Å²) >= 11 is 0. The molecule has 0 spiro atoms. The maximum absolute atomic E-state index is 11.8. The Bertz CT molecular complexity index is 486. The van der Waals surface area contributed by atoms with E-state index < -0.39 is 17.8 Å². The highest BCUT2D eigenvalue weighted by molar-refractivity contribution is 5.92. The molecule has 0 saturated carbocycles. The van der Waals surface area contributed by atoms with Crippen LogP contribution < -0.4 is 16.4 Å². The van der Waals surface area contributed by atoms with E-state index in [1.165, 1.54) is 0 Å². The number of rotatable bonds is 5. The fraction of sp³-hybridized carbons (Fsp3) is 0.385. The lowest BCUT2D eigenvalue weighted by Crippen LogP contribution is -2.26. The van der Waals surface area contributed by atoms with Gasteiger partial charge in [0.25, 0.3) is 0 Å². The second-order valence-electron chi connectivity index (χ2n) is 4.57. The summed E-state index contributed by atoms with van der Waals surface area (Å²) in [5.41, 5.74) is 12.6. The van der Waals surface area contributed by atoms with Crippen molar-refractivity contribution in [3.63, 3.8) is 0 Å². The molecule has 0 radical (unpaired) electrons. The molecule has 0 heterocycles. The molecule has 6 heteroatoms. The number of amides is 1. The summed E-state index contributed by atoms with van der Waals surface area (Å²) in [4.78, 5) is 24.4. The number of primary amides is 1. The Morgan fingerprint density at radius 2 is 2.00 bits per heavy atom. The number of benzene rings is 1. The molecule has 0 aliphatic heterocycles. The van der Waals surface area contributed by atoms with E-state index in [9.17, 15) is 9.59 Å². The largest absolute Gasteiger partial charge is 0.461 e. The molecule has 19 heavy (non-hydrogen) atoms. The smallest absolute Gasteiger partial charge is 0.338 e. The van der Waals surface area contributed by atoms with Crippen molar-refractivity contribution in [2.45, 2.75) is 6.92 Å². The number of hydrogen-bond acceptors (Lipinski definition) is 5. The van der Waals surface area contributed by atoms with Crippen LogP contribution in [0.3, 0.4) is 0 Å². The number of ether oxygens (including phenoxy) is 1. The minimum Gasteiger partial charge on any atom is -0.461 e. The maximum Gasteiger partial charge on any atom is 0.338 e. The second-order valence-corrected chi connectivity index (χ2v) is 4.57. The number of esters is 1. The molecule has 0 fully saturated rings. The molecule has 1 aromatic rings. The van der Waals surface area contributed by atoms with Gasteiger partial charge in [0.2, 0.25) is 5.91 Å². The van der Waals surface area contributed by atoms with Crippen LogP contribution in [0.15, 0.2) is 18.2 Å². The highest BCUT2D eigenvalue weighted by Crippen LogP contribution is 2.22. The van der Waals surface area contributed by atoms with Gasteiger partial charge in [-0.15, -0.1) is 0 Å². The van der Waals surface area contributed by atoms with Gasteiger partial charge in [0, 0.05) is 14.1 Å². The predicted octanol–water partition coefficient (Wildman–Crippen LogP) is 0.613. The molecule has 4 N–H and O–H groups in total. The van der Waals surface area contributed by atoms with E-state index in [1.807, 2.05) is 19.0 Å². The van der Waals surface area contributed by atoms with E-state index >= 15 is 0 Å². The van der Waals surface area contributed by atoms with Gasteiger partial charge in [0.1, 0.15) is 6.61 Å². The minimum absolute atomic E-state index is 0.0382. The van der Waals surface area contributed by atoms with Crippen LogP contribution in [0.4, 0.5) is 11.4 Å². The molecule has 104 valence electrons. The Labute approximate surface area is 112 Å². The predicted molar refractivity (Wildman–Crippen MR) is 73.8 cm³/mol. The van der Waals surface area contributed by atoms with Crippen LogP contribution in [0.5, 0.6) is 0 Å². The van der Waals surface area contributed by atoms with E-state index in [1.54, 1.807) is 25.1 Å². The van der Waals surface area contributed by atoms with Crippen molar-refractivity contribution in [3.8, 4) is 0 Å². The van der Waals surface area contributed by atoms with E-state index in [-0.39, 0.29) is 6.61 Å². The standard InChI is InChI=1S/C13H19N3O3/c1-8(12(15)17)7-19-13(18)9-4-5-11(16(2)3)10(14)6-9/h4-6,8H,7,14H2,1-3H3,(H2,15,17). The maximum atomic E-state index is 11.8. The van der Waals surface area contributed by atoms with Gasteiger partial charge in [-0.05, 0) is 18.2 Å². The summed E-state index contributed by atoms with van der Waals surface area (Å²) in [6, 6.07) is 4.92. The van der Waals surface area contributed by atoms with Gasteiger partial charge < -0.3 is 21.1 Å². The van der Waals surface area contributed by atoms with Crippen molar-refractivity contribution in [1.29, 1.82) is 0 Å². The highest BCUT2D eigenvalue weighted by Gasteiger charge is 2.14. The van der Waals surface area contributed by atoms with Crippen molar-refractivity contribution >= 4 is 23.3 Å². The Morgan fingerprint density at radius 3 is 2.47 bits per heavy atom. The lowest BCUT2D eigenvalue weighted by Gasteiger charge is -2.16. The fourth-order valence-corrected chi connectivity index (χ4v) is 1.45. The SMILES string of the molecule is CC(COC(=O)c1ccc(N(C)C)c(N)c1)C(N)=O. The Kier molecular flexibility index (Phi) is 4.74. The molecule has 6 nitrogen and oxygen atoms in total. The first-order chi connectivity index (χ1) is 8.82. The van der Waals surface area contributed by atoms with Gasteiger partial charge in [-0.1, -0.05) is 6.92 Å². The van der Waals surface area contributed by atoms with Crippen LogP contribution in [0, 0.1) is 5.92 Å². The summed E-state index contributed by atoms with van der Waals surface area (Å²) in [5, 5.41) is 0. The number of anilines is 2.